The fourth-order valence-electron chi connectivity index (χ4n) is 1.65. The molecule has 0 aliphatic heterocycles. The van der Waals surface area contributed by atoms with E-state index in [9.17, 15) is 0 Å². The SMILES string of the molecule is [CH2]C(C)c1cc(C)ccc1C(C)C. The standard InChI is InChI=1S/C13H19/c1-9(2)12-7-6-11(5)8-13(12)10(3)4/h6-10H,3H2,1-2,4-5H3. The predicted octanol–water partition coefficient (Wildman–Crippen LogP) is 4.06. The van der Waals surface area contributed by atoms with Crippen LogP contribution in [0.1, 0.15) is 49.3 Å². The maximum Gasteiger partial charge on any atom is -0.0187 e. The lowest BCUT2D eigenvalue weighted by Crippen LogP contribution is -1.98. The molecule has 0 spiro atoms. The van der Waals surface area contributed by atoms with Crippen LogP contribution in [0.2, 0.25) is 0 Å². The minimum Gasteiger partial charge on any atom is -0.0590 e. The molecule has 0 aromatic heterocycles. The Bertz CT molecular complexity index is 282. The van der Waals surface area contributed by atoms with Gasteiger partial charge in [-0.15, -0.1) is 0 Å². The summed E-state index contributed by atoms with van der Waals surface area (Å²) in [5.41, 5.74) is 4.16. The molecule has 1 aromatic rings. The highest BCUT2D eigenvalue weighted by Crippen LogP contribution is 2.26. The first-order valence-corrected chi connectivity index (χ1v) is 4.96. The number of hydrogen-bond donors (Lipinski definition) is 0. The first-order chi connectivity index (χ1) is 6.02. The highest BCUT2D eigenvalue weighted by molar-refractivity contribution is 5.36. The van der Waals surface area contributed by atoms with Crippen LogP contribution in [-0.4, -0.2) is 0 Å². The Kier molecular flexibility index (Phi) is 3.13. The highest BCUT2D eigenvalue weighted by Gasteiger charge is 2.09. The lowest BCUT2D eigenvalue weighted by atomic mass is 9.89. The molecule has 0 amide bonds. The van der Waals surface area contributed by atoms with E-state index < -0.39 is 0 Å². The molecule has 0 bridgehead atoms. The summed E-state index contributed by atoms with van der Waals surface area (Å²) in [5.74, 6) is 0.983. The zero-order valence-corrected chi connectivity index (χ0v) is 9.09. The van der Waals surface area contributed by atoms with E-state index in [0.717, 1.165) is 0 Å². The summed E-state index contributed by atoms with van der Waals surface area (Å²) in [5, 5.41) is 0. The molecule has 13 heavy (non-hydrogen) atoms. The lowest BCUT2D eigenvalue weighted by Gasteiger charge is -2.16. The minimum absolute atomic E-state index is 0.386. The van der Waals surface area contributed by atoms with Crippen LogP contribution in [-0.2, 0) is 0 Å². The van der Waals surface area contributed by atoms with E-state index in [1.807, 2.05) is 0 Å². The first kappa shape index (κ1) is 10.3. The van der Waals surface area contributed by atoms with Crippen LogP contribution in [0.5, 0.6) is 0 Å². The monoisotopic (exact) mass is 175 g/mol. The summed E-state index contributed by atoms with van der Waals surface area (Å²) in [6.07, 6.45) is 0. The fraction of sp³-hybridized carbons (Fsp3) is 0.462. The van der Waals surface area contributed by atoms with Crippen LogP contribution in [0, 0.1) is 13.8 Å². The summed E-state index contributed by atoms with van der Waals surface area (Å²) >= 11 is 0. The van der Waals surface area contributed by atoms with Gasteiger partial charge in [0, 0.05) is 0 Å². The maximum atomic E-state index is 4.09. The third kappa shape index (κ3) is 2.33. The second-order valence-electron chi connectivity index (χ2n) is 4.19. The van der Waals surface area contributed by atoms with Crippen molar-refractivity contribution in [3.05, 3.63) is 41.8 Å². The molecule has 0 nitrogen and oxygen atoms in total. The van der Waals surface area contributed by atoms with Crippen LogP contribution in [0.25, 0.3) is 0 Å². The van der Waals surface area contributed by atoms with Crippen molar-refractivity contribution in [2.75, 3.05) is 0 Å². The number of rotatable bonds is 2. The molecule has 0 heterocycles. The maximum absolute atomic E-state index is 4.09. The third-order valence-corrected chi connectivity index (χ3v) is 2.40. The van der Waals surface area contributed by atoms with Crippen molar-refractivity contribution in [3.8, 4) is 0 Å². The number of benzene rings is 1. The molecule has 0 saturated carbocycles. The van der Waals surface area contributed by atoms with Gasteiger partial charge in [-0.05, 0) is 36.8 Å². The molecule has 0 N–H and O–H groups in total. The largest absolute Gasteiger partial charge is 0.0590 e. The van der Waals surface area contributed by atoms with Crippen LogP contribution in [0.15, 0.2) is 18.2 Å². The Morgan fingerprint density at radius 2 is 1.69 bits per heavy atom. The van der Waals surface area contributed by atoms with E-state index in [1.165, 1.54) is 16.7 Å². The Balaban J connectivity index is 3.19. The van der Waals surface area contributed by atoms with Crippen LogP contribution < -0.4 is 0 Å². The summed E-state index contributed by atoms with van der Waals surface area (Å²) in [7, 11) is 0. The average Bonchev–Trinajstić information content (AvgIpc) is 2.03. The van der Waals surface area contributed by atoms with Gasteiger partial charge in [-0.3, -0.25) is 0 Å². The van der Waals surface area contributed by atoms with Crippen molar-refractivity contribution in [2.45, 2.75) is 39.5 Å². The van der Waals surface area contributed by atoms with Crippen molar-refractivity contribution in [3.63, 3.8) is 0 Å². The van der Waals surface area contributed by atoms with Crippen LogP contribution in [0.4, 0.5) is 0 Å². The van der Waals surface area contributed by atoms with E-state index in [2.05, 4.69) is 52.8 Å². The third-order valence-electron chi connectivity index (χ3n) is 2.40. The van der Waals surface area contributed by atoms with Gasteiger partial charge < -0.3 is 0 Å². The molecule has 71 valence electrons. The molecule has 0 aliphatic carbocycles. The van der Waals surface area contributed by atoms with Crippen molar-refractivity contribution in [1.82, 2.24) is 0 Å². The molecule has 0 heteroatoms. The quantitative estimate of drug-likeness (QED) is 0.636. The van der Waals surface area contributed by atoms with Gasteiger partial charge in [-0.2, -0.15) is 0 Å². The topological polar surface area (TPSA) is 0 Å². The van der Waals surface area contributed by atoms with Crippen LogP contribution in [0.3, 0.4) is 0 Å². The highest BCUT2D eigenvalue weighted by atomic mass is 14.1. The van der Waals surface area contributed by atoms with E-state index >= 15 is 0 Å². The van der Waals surface area contributed by atoms with E-state index in [1.54, 1.807) is 0 Å². The van der Waals surface area contributed by atoms with Gasteiger partial charge >= 0.3 is 0 Å². The molecule has 1 rings (SSSR count). The minimum atomic E-state index is 0.386. The van der Waals surface area contributed by atoms with Crippen molar-refractivity contribution >= 4 is 0 Å². The van der Waals surface area contributed by atoms with Crippen molar-refractivity contribution in [1.29, 1.82) is 0 Å². The van der Waals surface area contributed by atoms with E-state index in [4.69, 9.17) is 0 Å². The van der Waals surface area contributed by atoms with Crippen molar-refractivity contribution < 1.29 is 0 Å². The summed E-state index contributed by atoms with van der Waals surface area (Å²) in [6, 6.07) is 6.67. The normalized spacial score (nSPS) is 11.3. The Morgan fingerprint density at radius 3 is 2.15 bits per heavy atom. The van der Waals surface area contributed by atoms with Crippen molar-refractivity contribution in [2.24, 2.45) is 0 Å². The fourth-order valence-corrected chi connectivity index (χ4v) is 1.65. The number of aryl methyl sites for hydroxylation is 1. The second-order valence-corrected chi connectivity index (χ2v) is 4.19. The predicted molar refractivity (Wildman–Crippen MR) is 59.0 cm³/mol. The van der Waals surface area contributed by atoms with Gasteiger partial charge in [0.2, 0.25) is 0 Å². The van der Waals surface area contributed by atoms with Gasteiger partial charge in [0.15, 0.2) is 0 Å². The Labute approximate surface area is 82.0 Å². The smallest absolute Gasteiger partial charge is 0.0187 e. The molecule has 1 radical (unpaired) electrons. The van der Waals surface area contributed by atoms with Gasteiger partial charge in [0.1, 0.15) is 0 Å². The molecular weight excluding hydrogens is 156 g/mol. The molecule has 1 aromatic carbocycles. The van der Waals surface area contributed by atoms with E-state index in [0.29, 0.717) is 11.8 Å². The first-order valence-electron chi connectivity index (χ1n) is 4.96. The molecular formula is C13H19. The molecule has 1 unspecified atom stereocenters. The summed E-state index contributed by atoms with van der Waals surface area (Å²) < 4.78 is 0. The molecule has 1 atom stereocenters. The molecule has 0 fully saturated rings. The van der Waals surface area contributed by atoms with Gasteiger partial charge in [-0.1, -0.05) is 44.5 Å². The summed E-state index contributed by atoms with van der Waals surface area (Å²) in [4.78, 5) is 0. The average molecular weight is 175 g/mol. The molecule has 0 saturated heterocycles. The second kappa shape index (κ2) is 3.95. The molecule has 0 aliphatic rings. The van der Waals surface area contributed by atoms with Gasteiger partial charge in [-0.25, -0.2) is 0 Å². The Hall–Kier alpha value is -0.780. The number of hydrogen-bond acceptors (Lipinski definition) is 0. The zero-order chi connectivity index (χ0) is 10.0. The summed E-state index contributed by atoms with van der Waals surface area (Å²) in [6.45, 7) is 12.8. The van der Waals surface area contributed by atoms with Gasteiger partial charge in [0.05, 0.1) is 0 Å². The zero-order valence-electron chi connectivity index (χ0n) is 9.09. The Morgan fingerprint density at radius 1 is 1.08 bits per heavy atom. The lowest BCUT2D eigenvalue weighted by molar-refractivity contribution is 0.820. The van der Waals surface area contributed by atoms with E-state index in [-0.39, 0.29) is 0 Å². The van der Waals surface area contributed by atoms with Crippen LogP contribution >= 0.6 is 0 Å². The van der Waals surface area contributed by atoms with Gasteiger partial charge in [0.25, 0.3) is 0 Å².